The number of hydrogen-bond donors (Lipinski definition) is 0. The SMILES string of the molecule is Cc1nnc(S(C)(=O)=O)nc1-c1cccc(C(F)(F)F)c1. The summed E-state index contributed by atoms with van der Waals surface area (Å²) in [6.07, 6.45) is -3.60. The fourth-order valence-corrected chi connectivity index (χ4v) is 2.08. The van der Waals surface area contributed by atoms with Crippen LogP contribution in [0.25, 0.3) is 11.3 Å². The normalized spacial score (nSPS) is 12.4. The van der Waals surface area contributed by atoms with Gasteiger partial charge in [-0.15, -0.1) is 5.10 Å². The molecule has 0 aliphatic rings. The lowest BCUT2D eigenvalue weighted by molar-refractivity contribution is -0.137. The number of aryl methyl sites for hydroxylation is 1. The van der Waals surface area contributed by atoms with E-state index in [1.165, 1.54) is 19.1 Å². The summed E-state index contributed by atoms with van der Waals surface area (Å²) in [6, 6.07) is 4.44. The Balaban J connectivity index is 2.62. The summed E-state index contributed by atoms with van der Waals surface area (Å²) in [5.74, 6) is 0. The van der Waals surface area contributed by atoms with E-state index < -0.39 is 26.7 Å². The van der Waals surface area contributed by atoms with E-state index in [0.717, 1.165) is 18.4 Å². The average Bonchev–Trinajstić information content (AvgIpc) is 2.37. The first-order chi connectivity index (χ1) is 9.59. The van der Waals surface area contributed by atoms with Gasteiger partial charge in [0.25, 0.3) is 5.16 Å². The summed E-state index contributed by atoms with van der Waals surface area (Å²) >= 11 is 0. The van der Waals surface area contributed by atoms with E-state index in [2.05, 4.69) is 15.2 Å². The van der Waals surface area contributed by atoms with Gasteiger partial charge in [-0.2, -0.15) is 18.3 Å². The molecule has 1 heterocycles. The van der Waals surface area contributed by atoms with Crippen molar-refractivity contribution in [3.63, 3.8) is 0 Å². The van der Waals surface area contributed by atoms with Crippen LogP contribution in [0, 0.1) is 6.92 Å². The maximum atomic E-state index is 12.7. The highest BCUT2D eigenvalue weighted by atomic mass is 32.2. The number of sulfone groups is 1. The molecule has 0 radical (unpaired) electrons. The Labute approximate surface area is 118 Å². The number of aromatic nitrogens is 3. The third-order valence-electron chi connectivity index (χ3n) is 2.63. The van der Waals surface area contributed by atoms with Crippen LogP contribution in [0.5, 0.6) is 0 Å². The Morgan fingerprint density at radius 2 is 1.81 bits per heavy atom. The third-order valence-corrected chi connectivity index (χ3v) is 3.47. The molecule has 0 saturated heterocycles. The minimum absolute atomic E-state index is 0.0523. The van der Waals surface area contributed by atoms with E-state index in [1.54, 1.807) is 0 Å². The van der Waals surface area contributed by atoms with Gasteiger partial charge < -0.3 is 0 Å². The van der Waals surface area contributed by atoms with Crippen LogP contribution in [-0.2, 0) is 16.0 Å². The molecule has 0 fully saturated rings. The predicted octanol–water partition coefficient (Wildman–Crippen LogP) is 2.27. The molecule has 9 heteroatoms. The maximum Gasteiger partial charge on any atom is 0.416 e. The molecule has 1 aromatic carbocycles. The maximum absolute atomic E-state index is 12.7. The smallest absolute Gasteiger partial charge is 0.221 e. The molecule has 5 nitrogen and oxygen atoms in total. The van der Waals surface area contributed by atoms with Crippen LogP contribution in [0.2, 0.25) is 0 Å². The molecule has 0 N–H and O–H groups in total. The quantitative estimate of drug-likeness (QED) is 0.849. The Hall–Kier alpha value is -2.03. The molecule has 2 rings (SSSR count). The summed E-state index contributed by atoms with van der Waals surface area (Å²) in [5.41, 5.74) is -0.431. The van der Waals surface area contributed by atoms with Gasteiger partial charge in [0.2, 0.25) is 9.84 Å². The van der Waals surface area contributed by atoms with Crippen molar-refractivity contribution < 1.29 is 21.6 Å². The highest BCUT2D eigenvalue weighted by molar-refractivity contribution is 7.90. The van der Waals surface area contributed by atoms with Gasteiger partial charge in [-0.1, -0.05) is 12.1 Å². The molecular weight excluding hydrogens is 307 g/mol. The van der Waals surface area contributed by atoms with Crippen LogP contribution in [0.15, 0.2) is 29.4 Å². The average molecular weight is 317 g/mol. The molecule has 0 unspecified atom stereocenters. The number of nitrogens with zero attached hydrogens (tertiary/aromatic N) is 3. The zero-order valence-corrected chi connectivity index (χ0v) is 11.8. The van der Waals surface area contributed by atoms with E-state index in [0.29, 0.717) is 0 Å². The first kappa shape index (κ1) is 15.4. The van der Waals surface area contributed by atoms with Crippen LogP contribution in [0.1, 0.15) is 11.3 Å². The minimum Gasteiger partial charge on any atom is -0.221 e. The first-order valence-electron chi connectivity index (χ1n) is 5.68. The second-order valence-electron chi connectivity index (χ2n) is 4.38. The molecule has 1 aromatic heterocycles. The van der Waals surface area contributed by atoms with Crippen LogP contribution in [0.3, 0.4) is 0 Å². The van der Waals surface area contributed by atoms with Gasteiger partial charge in [-0.3, -0.25) is 0 Å². The first-order valence-corrected chi connectivity index (χ1v) is 7.57. The van der Waals surface area contributed by atoms with E-state index in [4.69, 9.17) is 0 Å². The van der Waals surface area contributed by atoms with Crippen LogP contribution in [0.4, 0.5) is 13.2 Å². The van der Waals surface area contributed by atoms with Gasteiger partial charge in [-0.05, 0) is 19.1 Å². The van der Waals surface area contributed by atoms with Gasteiger partial charge in [0.1, 0.15) is 0 Å². The summed E-state index contributed by atoms with van der Waals surface area (Å²) in [5, 5.41) is 6.55. The fraction of sp³-hybridized carbons (Fsp3) is 0.250. The van der Waals surface area contributed by atoms with Crippen molar-refractivity contribution in [2.75, 3.05) is 6.26 Å². The van der Waals surface area contributed by atoms with E-state index in [-0.39, 0.29) is 17.0 Å². The lowest BCUT2D eigenvalue weighted by Crippen LogP contribution is -2.09. The van der Waals surface area contributed by atoms with Crippen molar-refractivity contribution in [3.05, 3.63) is 35.5 Å². The zero-order chi connectivity index (χ0) is 15.8. The predicted molar refractivity (Wildman–Crippen MR) is 68.1 cm³/mol. The molecule has 0 amide bonds. The van der Waals surface area contributed by atoms with Crippen molar-refractivity contribution >= 4 is 9.84 Å². The number of alkyl halides is 3. The van der Waals surface area contributed by atoms with Gasteiger partial charge >= 0.3 is 6.18 Å². The lowest BCUT2D eigenvalue weighted by Gasteiger charge is -2.09. The summed E-state index contributed by atoms with van der Waals surface area (Å²) < 4.78 is 60.9. The molecule has 0 aliphatic heterocycles. The monoisotopic (exact) mass is 317 g/mol. The van der Waals surface area contributed by atoms with Crippen molar-refractivity contribution in [2.45, 2.75) is 18.3 Å². The van der Waals surface area contributed by atoms with E-state index in [1.807, 2.05) is 0 Å². The number of benzene rings is 1. The molecular formula is C12H10F3N3O2S. The number of hydrogen-bond acceptors (Lipinski definition) is 5. The largest absolute Gasteiger partial charge is 0.416 e. The molecule has 21 heavy (non-hydrogen) atoms. The highest BCUT2D eigenvalue weighted by Gasteiger charge is 2.30. The molecule has 2 aromatic rings. The van der Waals surface area contributed by atoms with Crippen molar-refractivity contribution in [1.82, 2.24) is 15.2 Å². The Morgan fingerprint density at radius 1 is 1.14 bits per heavy atom. The van der Waals surface area contributed by atoms with Gasteiger partial charge in [-0.25, -0.2) is 13.4 Å². The fourth-order valence-electron chi connectivity index (χ4n) is 1.64. The highest BCUT2D eigenvalue weighted by Crippen LogP contribution is 2.32. The third kappa shape index (κ3) is 3.35. The van der Waals surface area contributed by atoms with Crippen LogP contribution >= 0.6 is 0 Å². The van der Waals surface area contributed by atoms with E-state index in [9.17, 15) is 21.6 Å². The molecule has 0 saturated carbocycles. The summed E-state index contributed by atoms with van der Waals surface area (Å²) in [4.78, 5) is 3.81. The van der Waals surface area contributed by atoms with Gasteiger partial charge in [0, 0.05) is 11.8 Å². The van der Waals surface area contributed by atoms with Crippen LogP contribution < -0.4 is 0 Å². The van der Waals surface area contributed by atoms with Crippen LogP contribution in [-0.4, -0.2) is 29.9 Å². The van der Waals surface area contributed by atoms with Gasteiger partial charge in [0.05, 0.1) is 17.0 Å². The Kier molecular flexibility index (Phi) is 3.70. The minimum atomic E-state index is -4.50. The topological polar surface area (TPSA) is 72.8 Å². The summed E-state index contributed by atoms with van der Waals surface area (Å²) in [7, 11) is -3.70. The lowest BCUT2D eigenvalue weighted by atomic mass is 10.1. The molecule has 0 aliphatic carbocycles. The zero-order valence-electron chi connectivity index (χ0n) is 11.0. The van der Waals surface area contributed by atoms with Crippen molar-refractivity contribution in [1.29, 1.82) is 0 Å². The van der Waals surface area contributed by atoms with E-state index >= 15 is 0 Å². The standard InChI is InChI=1S/C12H10F3N3O2S/c1-7-10(16-11(18-17-7)21(2,19)20)8-4-3-5-9(6-8)12(13,14)15/h3-6H,1-2H3. The van der Waals surface area contributed by atoms with Crippen molar-refractivity contribution in [2.24, 2.45) is 0 Å². The second kappa shape index (κ2) is 5.06. The number of rotatable bonds is 2. The second-order valence-corrected chi connectivity index (χ2v) is 6.29. The van der Waals surface area contributed by atoms with Gasteiger partial charge in [0.15, 0.2) is 0 Å². The Bertz CT molecular complexity index is 789. The molecule has 0 atom stereocenters. The van der Waals surface area contributed by atoms with Crippen molar-refractivity contribution in [3.8, 4) is 11.3 Å². The summed E-state index contributed by atoms with van der Waals surface area (Å²) in [6.45, 7) is 1.49. The Morgan fingerprint density at radius 3 is 2.38 bits per heavy atom. The molecule has 0 bridgehead atoms. The molecule has 112 valence electrons. The number of halogens is 3. The molecule has 0 spiro atoms.